The number of aryl methyl sites for hydroxylation is 1. The fraction of sp³-hybridized carbons (Fsp3) is 0.231. The zero-order valence-electron chi connectivity index (χ0n) is 10.3. The monoisotopic (exact) mass is 245 g/mol. The van der Waals surface area contributed by atoms with E-state index in [-0.39, 0.29) is 17.7 Å². The summed E-state index contributed by atoms with van der Waals surface area (Å²) in [5, 5.41) is 6.43. The Morgan fingerprint density at radius 2 is 2.06 bits per heavy atom. The number of carbonyl (C=O) groups excluding carboxylic acids is 1. The molecule has 1 heterocycles. The van der Waals surface area contributed by atoms with Crippen molar-refractivity contribution in [3.05, 3.63) is 47.3 Å². The van der Waals surface area contributed by atoms with Crippen molar-refractivity contribution in [2.24, 2.45) is 0 Å². The number of aromatic nitrogens is 1. The van der Waals surface area contributed by atoms with E-state index in [1.165, 1.54) is 6.20 Å². The van der Waals surface area contributed by atoms with Crippen molar-refractivity contribution in [2.75, 3.05) is 5.73 Å². The van der Waals surface area contributed by atoms with Crippen LogP contribution < -0.4 is 11.1 Å². The minimum absolute atomic E-state index is 0.123. The molecule has 1 atom stereocenters. The topological polar surface area (TPSA) is 81.2 Å². The number of hydrogen-bond donors (Lipinski definition) is 2. The van der Waals surface area contributed by atoms with Gasteiger partial charge in [0.1, 0.15) is 0 Å². The van der Waals surface area contributed by atoms with E-state index in [1.54, 1.807) is 19.1 Å². The van der Waals surface area contributed by atoms with Crippen LogP contribution in [0.1, 0.15) is 34.6 Å². The Bertz CT molecular complexity index is 546. The molecule has 0 aliphatic carbocycles. The lowest BCUT2D eigenvalue weighted by atomic mass is 10.1. The van der Waals surface area contributed by atoms with Gasteiger partial charge in [-0.3, -0.25) is 4.79 Å². The van der Waals surface area contributed by atoms with Crippen molar-refractivity contribution in [3.63, 3.8) is 0 Å². The molecule has 2 aromatic rings. The molecule has 18 heavy (non-hydrogen) atoms. The fourth-order valence-electron chi connectivity index (χ4n) is 1.64. The Labute approximate surface area is 105 Å². The minimum Gasteiger partial charge on any atom is -0.399 e. The van der Waals surface area contributed by atoms with Crippen LogP contribution in [-0.2, 0) is 0 Å². The van der Waals surface area contributed by atoms with E-state index < -0.39 is 0 Å². The highest BCUT2D eigenvalue weighted by atomic mass is 16.5. The molecule has 94 valence electrons. The number of carbonyl (C=O) groups is 1. The van der Waals surface area contributed by atoms with Gasteiger partial charge < -0.3 is 15.6 Å². The van der Waals surface area contributed by atoms with Crippen molar-refractivity contribution in [1.29, 1.82) is 0 Å². The van der Waals surface area contributed by atoms with E-state index in [0.717, 1.165) is 11.1 Å². The van der Waals surface area contributed by atoms with Crippen LogP contribution in [0, 0.1) is 6.92 Å². The molecule has 0 saturated heterocycles. The highest BCUT2D eigenvalue weighted by Crippen LogP contribution is 2.15. The summed E-state index contributed by atoms with van der Waals surface area (Å²) in [6.07, 6.45) is 1.52. The molecule has 0 aliphatic rings. The molecule has 1 amide bonds. The number of nitrogens with two attached hydrogens (primary N) is 1. The summed E-state index contributed by atoms with van der Waals surface area (Å²) >= 11 is 0. The van der Waals surface area contributed by atoms with Crippen molar-refractivity contribution < 1.29 is 9.32 Å². The van der Waals surface area contributed by atoms with Gasteiger partial charge in [-0.25, -0.2) is 0 Å². The molecule has 1 aromatic carbocycles. The van der Waals surface area contributed by atoms with Crippen molar-refractivity contribution in [2.45, 2.75) is 19.9 Å². The maximum absolute atomic E-state index is 11.9. The van der Waals surface area contributed by atoms with Crippen LogP contribution in [0.15, 0.2) is 35.0 Å². The molecule has 5 nitrogen and oxygen atoms in total. The van der Waals surface area contributed by atoms with Gasteiger partial charge in [-0.1, -0.05) is 17.3 Å². The SMILES string of the molecule is Cc1cnoc1C(=O)NC(C)c1ccc(N)cc1. The maximum Gasteiger partial charge on any atom is 0.290 e. The summed E-state index contributed by atoms with van der Waals surface area (Å²) in [6, 6.07) is 7.25. The maximum atomic E-state index is 11.9. The van der Waals surface area contributed by atoms with Crippen molar-refractivity contribution >= 4 is 11.6 Å². The second kappa shape index (κ2) is 4.91. The van der Waals surface area contributed by atoms with E-state index in [0.29, 0.717) is 5.69 Å². The van der Waals surface area contributed by atoms with Crippen LogP contribution >= 0.6 is 0 Å². The molecule has 0 spiro atoms. The standard InChI is InChI=1S/C13H15N3O2/c1-8-7-15-18-12(8)13(17)16-9(2)10-3-5-11(14)6-4-10/h3-7,9H,14H2,1-2H3,(H,16,17). The molecule has 0 aliphatic heterocycles. The zero-order chi connectivity index (χ0) is 13.1. The van der Waals surface area contributed by atoms with Gasteiger partial charge in [-0.15, -0.1) is 0 Å². The zero-order valence-corrected chi connectivity index (χ0v) is 10.3. The number of nitrogens with zero attached hydrogens (tertiary/aromatic N) is 1. The van der Waals surface area contributed by atoms with E-state index in [2.05, 4.69) is 10.5 Å². The molecule has 1 unspecified atom stereocenters. The largest absolute Gasteiger partial charge is 0.399 e. The Balaban J connectivity index is 2.08. The summed E-state index contributed by atoms with van der Waals surface area (Å²) in [5.74, 6) is -0.0216. The van der Waals surface area contributed by atoms with Gasteiger partial charge in [0.25, 0.3) is 5.91 Å². The second-order valence-corrected chi connectivity index (χ2v) is 4.20. The van der Waals surface area contributed by atoms with Crippen LogP contribution in [0.25, 0.3) is 0 Å². The first-order valence-corrected chi connectivity index (χ1v) is 5.65. The number of rotatable bonds is 3. The van der Waals surface area contributed by atoms with Gasteiger partial charge in [0.2, 0.25) is 5.76 Å². The van der Waals surface area contributed by atoms with Crippen LogP contribution in [0.3, 0.4) is 0 Å². The van der Waals surface area contributed by atoms with E-state index in [9.17, 15) is 4.79 Å². The van der Waals surface area contributed by atoms with Crippen LogP contribution in [-0.4, -0.2) is 11.1 Å². The molecule has 3 N–H and O–H groups in total. The summed E-state index contributed by atoms with van der Waals surface area (Å²) in [6.45, 7) is 3.68. The molecule has 0 saturated carbocycles. The second-order valence-electron chi connectivity index (χ2n) is 4.20. The Morgan fingerprint density at radius 3 is 2.61 bits per heavy atom. The lowest BCUT2D eigenvalue weighted by Crippen LogP contribution is -2.26. The quantitative estimate of drug-likeness (QED) is 0.811. The number of benzene rings is 1. The highest BCUT2D eigenvalue weighted by molar-refractivity contribution is 5.92. The van der Waals surface area contributed by atoms with Crippen molar-refractivity contribution in [3.8, 4) is 0 Å². The lowest BCUT2D eigenvalue weighted by Gasteiger charge is -2.13. The third kappa shape index (κ3) is 2.51. The smallest absolute Gasteiger partial charge is 0.290 e. The van der Waals surface area contributed by atoms with E-state index in [4.69, 9.17) is 10.3 Å². The Kier molecular flexibility index (Phi) is 3.32. The first-order chi connectivity index (χ1) is 8.58. The minimum atomic E-state index is -0.269. The molecular formula is C13H15N3O2. The molecule has 0 radical (unpaired) electrons. The lowest BCUT2D eigenvalue weighted by molar-refractivity contribution is 0.0901. The molecule has 1 aromatic heterocycles. The van der Waals surface area contributed by atoms with E-state index >= 15 is 0 Å². The predicted molar refractivity (Wildman–Crippen MR) is 68.0 cm³/mol. The summed E-state index contributed by atoms with van der Waals surface area (Å²) in [5.41, 5.74) is 8.01. The average molecular weight is 245 g/mol. The first kappa shape index (κ1) is 12.2. The van der Waals surface area contributed by atoms with Gasteiger partial charge in [0.15, 0.2) is 0 Å². The van der Waals surface area contributed by atoms with Crippen LogP contribution in [0.2, 0.25) is 0 Å². The summed E-state index contributed by atoms with van der Waals surface area (Å²) < 4.78 is 4.90. The number of hydrogen-bond acceptors (Lipinski definition) is 4. The third-order valence-electron chi connectivity index (χ3n) is 2.74. The molecule has 2 rings (SSSR count). The summed E-state index contributed by atoms with van der Waals surface area (Å²) in [4.78, 5) is 11.9. The first-order valence-electron chi connectivity index (χ1n) is 5.65. The van der Waals surface area contributed by atoms with Crippen molar-refractivity contribution in [1.82, 2.24) is 10.5 Å². The van der Waals surface area contributed by atoms with Gasteiger partial charge in [-0.05, 0) is 31.5 Å². The van der Waals surface area contributed by atoms with Gasteiger partial charge in [-0.2, -0.15) is 0 Å². The molecule has 5 heteroatoms. The number of nitrogens with one attached hydrogen (secondary N) is 1. The Morgan fingerprint density at radius 1 is 1.39 bits per heavy atom. The predicted octanol–water partition coefficient (Wildman–Crippen LogP) is 2.06. The molecule has 0 bridgehead atoms. The average Bonchev–Trinajstić information content (AvgIpc) is 2.76. The van der Waals surface area contributed by atoms with E-state index in [1.807, 2.05) is 19.1 Å². The number of amides is 1. The summed E-state index contributed by atoms with van der Waals surface area (Å²) in [7, 11) is 0. The van der Waals surface area contributed by atoms with Gasteiger partial charge in [0, 0.05) is 11.3 Å². The van der Waals surface area contributed by atoms with Gasteiger partial charge in [0.05, 0.1) is 12.2 Å². The van der Waals surface area contributed by atoms with Crippen LogP contribution in [0.4, 0.5) is 5.69 Å². The highest BCUT2D eigenvalue weighted by Gasteiger charge is 2.16. The Hall–Kier alpha value is -2.30. The van der Waals surface area contributed by atoms with Gasteiger partial charge >= 0.3 is 0 Å². The number of anilines is 1. The number of nitrogen functional groups attached to an aromatic ring is 1. The van der Waals surface area contributed by atoms with Crippen LogP contribution in [0.5, 0.6) is 0 Å². The third-order valence-corrected chi connectivity index (χ3v) is 2.74. The normalized spacial score (nSPS) is 12.1. The fourth-order valence-corrected chi connectivity index (χ4v) is 1.64. The molecular weight excluding hydrogens is 230 g/mol. The molecule has 0 fully saturated rings.